The minimum absolute atomic E-state index is 0.390. The summed E-state index contributed by atoms with van der Waals surface area (Å²) < 4.78 is 5.49. The molecule has 0 fully saturated rings. The summed E-state index contributed by atoms with van der Waals surface area (Å²) in [6.45, 7) is 11.3. The molecule has 0 radical (unpaired) electrons. The van der Waals surface area contributed by atoms with E-state index in [-0.39, 0.29) is 0 Å². The van der Waals surface area contributed by atoms with Crippen molar-refractivity contribution in [3.8, 4) is 11.6 Å². The Morgan fingerprint density at radius 2 is 2.00 bits per heavy atom. The standard InChI is InChI=1S/C15H21N3O/c1-6-16-14-12(9(2)3)11(5)17-15(18-14)13-10(4)7-8-19-13/h7-9H,6H2,1-5H3,(H,16,17,18). The molecule has 0 aliphatic heterocycles. The second-order valence-electron chi connectivity index (χ2n) is 5.01. The number of rotatable bonds is 4. The molecular weight excluding hydrogens is 238 g/mol. The molecule has 0 aliphatic rings. The van der Waals surface area contributed by atoms with E-state index >= 15 is 0 Å². The summed E-state index contributed by atoms with van der Waals surface area (Å²) in [5.74, 6) is 2.70. The largest absolute Gasteiger partial charge is 0.461 e. The number of hydrogen-bond donors (Lipinski definition) is 1. The fraction of sp³-hybridized carbons (Fsp3) is 0.467. The van der Waals surface area contributed by atoms with Gasteiger partial charge in [-0.1, -0.05) is 13.8 Å². The van der Waals surface area contributed by atoms with Crippen LogP contribution in [0, 0.1) is 13.8 Å². The van der Waals surface area contributed by atoms with Crippen LogP contribution in [0.5, 0.6) is 0 Å². The molecule has 0 saturated carbocycles. The van der Waals surface area contributed by atoms with E-state index in [0.29, 0.717) is 11.7 Å². The lowest BCUT2D eigenvalue weighted by atomic mass is 10.0. The quantitative estimate of drug-likeness (QED) is 0.904. The summed E-state index contributed by atoms with van der Waals surface area (Å²) >= 11 is 0. The summed E-state index contributed by atoms with van der Waals surface area (Å²) in [7, 11) is 0. The van der Waals surface area contributed by atoms with Gasteiger partial charge in [-0.3, -0.25) is 0 Å². The number of nitrogens with zero attached hydrogens (tertiary/aromatic N) is 2. The Morgan fingerprint density at radius 3 is 2.53 bits per heavy atom. The van der Waals surface area contributed by atoms with E-state index in [4.69, 9.17) is 4.42 Å². The van der Waals surface area contributed by atoms with Crippen molar-refractivity contribution in [2.45, 2.75) is 40.5 Å². The molecule has 0 spiro atoms. The third-order valence-electron chi connectivity index (χ3n) is 3.12. The third-order valence-corrected chi connectivity index (χ3v) is 3.12. The highest BCUT2D eigenvalue weighted by atomic mass is 16.3. The average molecular weight is 259 g/mol. The van der Waals surface area contributed by atoms with Gasteiger partial charge in [0.15, 0.2) is 11.6 Å². The number of nitrogens with one attached hydrogen (secondary N) is 1. The van der Waals surface area contributed by atoms with Gasteiger partial charge in [-0.05, 0) is 38.3 Å². The van der Waals surface area contributed by atoms with Crippen molar-refractivity contribution >= 4 is 5.82 Å². The fourth-order valence-corrected chi connectivity index (χ4v) is 2.28. The van der Waals surface area contributed by atoms with E-state index in [1.165, 1.54) is 5.56 Å². The predicted molar refractivity (Wildman–Crippen MR) is 77.5 cm³/mol. The highest BCUT2D eigenvalue weighted by Crippen LogP contribution is 2.29. The van der Waals surface area contributed by atoms with Gasteiger partial charge in [-0.2, -0.15) is 0 Å². The minimum Gasteiger partial charge on any atom is -0.461 e. The maximum atomic E-state index is 5.49. The molecule has 4 heteroatoms. The van der Waals surface area contributed by atoms with Gasteiger partial charge in [-0.15, -0.1) is 0 Å². The lowest BCUT2D eigenvalue weighted by molar-refractivity contribution is 0.575. The highest BCUT2D eigenvalue weighted by Gasteiger charge is 2.17. The van der Waals surface area contributed by atoms with Crippen molar-refractivity contribution in [1.82, 2.24) is 9.97 Å². The zero-order valence-electron chi connectivity index (χ0n) is 12.2. The molecule has 0 amide bonds. The zero-order chi connectivity index (χ0) is 14.0. The second kappa shape index (κ2) is 5.43. The van der Waals surface area contributed by atoms with Crippen molar-refractivity contribution in [2.24, 2.45) is 0 Å². The van der Waals surface area contributed by atoms with Crippen molar-refractivity contribution in [2.75, 3.05) is 11.9 Å². The van der Waals surface area contributed by atoms with Crippen molar-refractivity contribution < 1.29 is 4.42 Å². The van der Waals surface area contributed by atoms with Gasteiger partial charge in [0.2, 0.25) is 0 Å². The molecule has 4 nitrogen and oxygen atoms in total. The molecule has 2 heterocycles. The normalized spacial score (nSPS) is 11.1. The predicted octanol–water partition coefficient (Wildman–Crippen LogP) is 3.91. The fourth-order valence-electron chi connectivity index (χ4n) is 2.28. The van der Waals surface area contributed by atoms with Gasteiger partial charge in [0.05, 0.1) is 6.26 Å². The molecule has 0 saturated heterocycles. The van der Waals surface area contributed by atoms with Crippen molar-refractivity contribution in [3.05, 3.63) is 29.2 Å². The van der Waals surface area contributed by atoms with Gasteiger partial charge >= 0.3 is 0 Å². The molecule has 19 heavy (non-hydrogen) atoms. The topological polar surface area (TPSA) is 51.0 Å². The monoisotopic (exact) mass is 259 g/mol. The van der Waals surface area contributed by atoms with E-state index in [9.17, 15) is 0 Å². The van der Waals surface area contributed by atoms with Crippen LogP contribution < -0.4 is 5.32 Å². The summed E-state index contributed by atoms with van der Waals surface area (Å²) in [6, 6.07) is 1.93. The SMILES string of the molecule is CCNc1nc(-c2occc2C)nc(C)c1C(C)C. The van der Waals surface area contributed by atoms with Gasteiger partial charge in [0.25, 0.3) is 0 Å². The summed E-state index contributed by atoms with van der Waals surface area (Å²) in [5.41, 5.74) is 3.24. The molecule has 0 atom stereocenters. The first-order valence-corrected chi connectivity index (χ1v) is 6.71. The second-order valence-corrected chi connectivity index (χ2v) is 5.01. The molecule has 0 bridgehead atoms. The van der Waals surface area contributed by atoms with Gasteiger partial charge < -0.3 is 9.73 Å². The molecule has 0 unspecified atom stereocenters. The van der Waals surface area contributed by atoms with Crippen LogP contribution in [-0.2, 0) is 0 Å². The van der Waals surface area contributed by atoms with Crippen LogP contribution in [0.2, 0.25) is 0 Å². The van der Waals surface area contributed by atoms with Crippen molar-refractivity contribution in [1.29, 1.82) is 0 Å². The Labute approximate surface area is 114 Å². The molecule has 2 rings (SSSR count). The zero-order valence-corrected chi connectivity index (χ0v) is 12.2. The Hall–Kier alpha value is -1.84. The average Bonchev–Trinajstić information content (AvgIpc) is 2.74. The van der Waals surface area contributed by atoms with Crippen molar-refractivity contribution in [3.63, 3.8) is 0 Å². The lowest BCUT2D eigenvalue weighted by Crippen LogP contribution is -2.09. The van der Waals surface area contributed by atoms with E-state index in [1.807, 2.05) is 19.9 Å². The number of furan rings is 1. The molecule has 1 N–H and O–H groups in total. The van der Waals surface area contributed by atoms with Crippen LogP contribution in [0.3, 0.4) is 0 Å². The number of hydrogen-bond acceptors (Lipinski definition) is 4. The smallest absolute Gasteiger partial charge is 0.198 e. The summed E-state index contributed by atoms with van der Waals surface area (Å²) in [5, 5.41) is 3.33. The van der Waals surface area contributed by atoms with Gasteiger partial charge in [0.1, 0.15) is 5.82 Å². The van der Waals surface area contributed by atoms with E-state index in [1.54, 1.807) is 6.26 Å². The van der Waals surface area contributed by atoms with Crippen LogP contribution in [0.25, 0.3) is 11.6 Å². The number of anilines is 1. The van der Waals surface area contributed by atoms with Crippen LogP contribution in [0.1, 0.15) is 43.5 Å². The van der Waals surface area contributed by atoms with Crippen LogP contribution >= 0.6 is 0 Å². The maximum Gasteiger partial charge on any atom is 0.198 e. The van der Waals surface area contributed by atoms with Crippen LogP contribution in [0.4, 0.5) is 5.82 Å². The van der Waals surface area contributed by atoms with Crippen LogP contribution in [-0.4, -0.2) is 16.5 Å². The lowest BCUT2D eigenvalue weighted by Gasteiger charge is -2.16. The molecule has 102 valence electrons. The summed E-state index contributed by atoms with van der Waals surface area (Å²) in [6.07, 6.45) is 1.67. The maximum absolute atomic E-state index is 5.49. The van der Waals surface area contributed by atoms with Gasteiger partial charge in [-0.25, -0.2) is 9.97 Å². The van der Waals surface area contributed by atoms with Crippen LogP contribution in [0.15, 0.2) is 16.7 Å². The molecule has 2 aromatic heterocycles. The van der Waals surface area contributed by atoms with Gasteiger partial charge in [0, 0.05) is 17.8 Å². The molecular formula is C15H21N3O. The summed E-state index contributed by atoms with van der Waals surface area (Å²) in [4.78, 5) is 9.23. The number of aromatic nitrogens is 2. The minimum atomic E-state index is 0.390. The van der Waals surface area contributed by atoms with E-state index in [0.717, 1.165) is 29.4 Å². The Kier molecular flexibility index (Phi) is 3.88. The number of aryl methyl sites for hydroxylation is 2. The van der Waals surface area contributed by atoms with E-state index < -0.39 is 0 Å². The molecule has 0 aliphatic carbocycles. The molecule has 2 aromatic rings. The Bertz CT molecular complexity index is 573. The molecule has 0 aromatic carbocycles. The van der Waals surface area contributed by atoms with E-state index in [2.05, 4.69) is 36.1 Å². The Balaban J connectivity index is 2.57. The Morgan fingerprint density at radius 1 is 1.26 bits per heavy atom. The first-order valence-electron chi connectivity index (χ1n) is 6.71. The third kappa shape index (κ3) is 2.62. The first-order chi connectivity index (χ1) is 9.04. The first kappa shape index (κ1) is 13.6. The highest BCUT2D eigenvalue weighted by molar-refractivity contribution is 5.58.